The summed E-state index contributed by atoms with van der Waals surface area (Å²) in [6.07, 6.45) is 0. The molecule has 0 spiro atoms. The minimum atomic E-state index is 0.675. The molecule has 3 aromatic rings. The summed E-state index contributed by atoms with van der Waals surface area (Å²) in [5.74, 6) is 0. The summed E-state index contributed by atoms with van der Waals surface area (Å²) in [6, 6.07) is 15.7. The molecule has 4 heteroatoms. The molecule has 0 aliphatic heterocycles. The molecule has 3 rings (SSSR count). The average molecular weight is 261 g/mol. The summed E-state index contributed by atoms with van der Waals surface area (Å²) >= 11 is 11.3. The second-order valence-electron chi connectivity index (χ2n) is 3.76. The first kappa shape index (κ1) is 10.6. The van der Waals surface area contributed by atoms with Gasteiger partial charge in [-0.05, 0) is 42.5 Å². The summed E-state index contributed by atoms with van der Waals surface area (Å²) in [5.41, 5.74) is 3.03. The lowest BCUT2D eigenvalue weighted by Crippen LogP contribution is -1.92. The molecule has 0 bridgehead atoms. The number of halogens is 1. The molecule has 0 amide bonds. The van der Waals surface area contributed by atoms with Crippen molar-refractivity contribution in [1.29, 1.82) is 0 Å². The molecule has 0 saturated carbocycles. The Balaban J connectivity index is 2.37. The largest absolute Gasteiger partial charge is 0.330 e. The van der Waals surface area contributed by atoms with Crippen LogP contribution in [0.3, 0.4) is 0 Å². The summed E-state index contributed by atoms with van der Waals surface area (Å²) in [6.45, 7) is 0. The van der Waals surface area contributed by atoms with Crippen molar-refractivity contribution < 1.29 is 0 Å². The van der Waals surface area contributed by atoms with E-state index in [1.807, 2.05) is 53.1 Å². The van der Waals surface area contributed by atoms with Crippen molar-refractivity contribution in [2.24, 2.45) is 0 Å². The van der Waals surface area contributed by atoms with Gasteiger partial charge in [0.1, 0.15) is 0 Å². The van der Waals surface area contributed by atoms with Gasteiger partial charge < -0.3 is 4.98 Å². The summed E-state index contributed by atoms with van der Waals surface area (Å²) < 4.78 is 2.68. The number of H-pyrrole nitrogens is 1. The lowest BCUT2D eigenvalue weighted by molar-refractivity contribution is 1.06. The molecule has 1 aromatic heterocycles. The number of nitrogens with zero attached hydrogens (tertiary/aromatic N) is 1. The van der Waals surface area contributed by atoms with E-state index in [4.69, 9.17) is 23.8 Å². The van der Waals surface area contributed by atoms with Gasteiger partial charge >= 0.3 is 0 Å². The van der Waals surface area contributed by atoms with Gasteiger partial charge in [-0.15, -0.1) is 0 Å². The summed E-state index contributed by atoms with van der Waals surface area (Å²) in [4.78, 5) is 3.16. The highest BCUT2D eigenvalue weighted by Gasteiger charge is 2.05. The van der Waals surface area contributed by atoms with Gasteiger partial charge in [-0.2, -0.15) is 0 Å². The molecule has 0 aliphatic carbocycles. The zero-order chi connectivity index (χ0) is 11.8. The first-order valence-electron chi connectivity index (χ1n) is 5.21. The van der Waals surface area contributed by atoms with E-state index in [2.05, 4.69) is 4.98 Å². The van der Waals surface area contributed by atoms with Gasteiger partial charge in [0.25, 0.3) is 0 Å². The number of nitrogens with one attached hydrogen (secondary N) is 1. The Kier molecular flexibility index (Phi) is 2.50. The van der Waals surface area contributed by atoms with Crippen LogP contribution in [0.4, 0.5) is 0 Å². The third kappa shape index (κ3) is 1.77. The number of aromatic amines is 1. The predicted octanol–water partition coefficient (Wildman–Crippen LogP) is 4.34. The van der Waals surface area contributed by atoms with Crippen molar-refractivity contribution in [3.05, 3.63) is 58.3 Å². The maximum absolute atomic E-state index is 5.96. The lowest BCUT2D eigenvalue weighted by Gasteiger charge is -2.03. The molecule has 2 nitrogen and oxygen atoms in total. The van der Waals surface area contributed by atoms with E-state index in [0.29, 0.717) is 9.79 Å². The number of imidazole rings is 1. The summed E-state index contributed by atoms with van der Waals surface area (Å²) in [7, 11) is 0. The van der Waals surface area contributed by atoms with Crippen LogP contribution in [-0.2, 0) is 0 Å². The van der Waals surface area contributed by atoms with Gasteiger partial charge in [0.15, 0.2) is 4.77 Å². The topological polar surface area (TPSA) is 20.7 Å². The highest BCUT2D eigenvalue weighted by atomic mass is 35.5. The average Bonchev–Trinajstić information content (AvgIpc) is 2.65. The van der Waals surface area contributed by atoms with Crippen LogP contribution in [0.2, 0.25) is 5.02 Å². The van der Waals surface area contributed by atoms with Gasteiger partial charge in [0.05, 0.1) is 11.0 Å². The number of hydrogen-bond acceptors (Lipinski definition) is 1. The van der Waals surface area contributed by atoms with Crippen LogP contribution in [0.25, 0.3) is 16.7 Å². The van der Waals surface area contributed by atoms with Crippen molar-refractivity contribution >= 4 is 34.9 Å². The van der Waals surface area contributed by atoms with Crippen LogP contribution >= 0.6 is 23.8 Å². The minimum Gasteiger partial charge on any atom is -0.330 e. The zero-order valence-corrected chi connectivity index (χ0v) is 10.4. The summed E-state index contributed by atoms with van der Waals surface area (Å²) in [5, 5.41) is 0.703. The molecular weight excluding hydrogens is 252 g/mol. The van der Waals surface area contributed by atoms with Gasteiger partial charge in [0.2, 0.25) is 0 Å². The first-order chi connectivity index (χ1) is 8.25. The fourth-order valence-corrected chi connectivity index (χ4v) is 2.40. The van der Waals surface area contributed by atoms with Gasteiger partial charge in [0, 0.05) is 10.7 Å². The SMILES string of the molecule is S=c1[nH]c2cc(Cl)ccc2n1-c1ccccc1. The molecule has 0 unspecified atom stereocenters. The molecule has 17 heavy (non-hydrogen) atoms. The monoisotopic (exact) mass is 260 g/mol. The smallest absolute Gasteiger partial charge is 0.182 e. The fourth-order valence-electron chi connectivity index (χ4n) is 1.92. The zero-order valence-electron chi connectivity index (χ0n) is 8.85. The third-order valence-corrected chi connectivity index (χ3v) is 3.18. The molecule has 0 radical (unpaired) electrons. The number of para-hydroxylation sites is 1. The fraction of sp³-hybridized carbons (Fsp3) is 0. The van der Waals surface area contributed by atoms with Crippen molar-refractivity contribution in [1.82, 2.24) is 9.55 Å². The van der Waals surface area contributed by atoms with Crippen molar-refractivity contribution in [3.8, 4) is 5.69 Å². The number of fused-ring (bicyclic) bond motifs is 1. The van der Waals surface area contributed by atoms with Crippen molar-refractivity contribution in [3.63, 3.8) is 0 Å². The Hall–Kier alpha value is -1.58. The predicted molar refractivity (Wildman–Crippen MR) is 73.5 cm³/mol. The molecule has 0 atom stereocenters. The van der Waals surface area contributed by atoms with Crippen molar-refractivity contribution in [2.75, 3.05) is 0 Å². The Morgan fingerprint density at radius 3 is 2.59 bits per heavy atom. The van der Waals surface area contributed by atoms with Crippen LogP contribution in [-0.4, -0.2) is 9.55 Å². The van der Waals surface area contributed by atoms with Crippen molar-refractivity contribution in [2.45, 2.75) is 0 Å². The van der Waals surface area contributed by atoms with Crippen LogP contribution in [0, 0.1) is 4.77 Å². The van der Waals surface area contributed by atoms with E-state index in [9.17, 15) is 0 Å². The Bertz CT molecular complexity index is 728. The normalized spacial score (nSPS) is 10.9. The molecule has 1 heterocycles. The maximum atomic E-state index is 5.96. The molecule has 84 valence electrons. The quantitative estimate of drug-likeness (QED) is 0.646. The van der Waals surface area contributed by atoms with E-state index in [1.54, 1.807) is 0 Å². The first-order valence-corrected chi connectivity index (χ1v) is 6.00. The molecule has 0 aliphatic rings. The van der Waals surface area contributed by atoms with Crippen LogP contribution in [0.5, 0.6) is 0 Å². The highest BCUT2D eigenvalue weighted by Crippen LogP contribution is 2.22. The number of benzene rings is 2. The maximum Gasteiger partial charge on any atom is 0.182 e. The molecule has 0 fully saturated rings. The number of rotatable bonds is 1. The Morgan fingerprint density at radius 1 is 1.06 bits per heavy atom. The minimum absolute atomic E-state index is 0.675. The highest BCUT2D eigenvalue weighted by molar-refractivity contribution is 7.71. The van der Waals surface area contributed by atoms with Gasteiger partial charge in [-0.3, -0.25) is 4.57 Å². The standard InChI is InChI=1S/C13H9ClN2S/c14-9-6-7-12-11(8-9)15-13(17)16(12)10-4-2-1-3-5-10/h1-8H,(H,15,17). The third-order valence-electron chi connectivity index (χ3n) is 2.66. The lowest BCUT2D eigenvalue weighted by atomic mass is 10.3. The van der Waals surface area contributed by atoms with Gasteiger partial charge in [-0.1, -0.05) is 29.8 Å². The van der Waals surface area contributed by atoms with E-state index in [0.717, 1.165) is 16.7 Å². The number of hydrogen-bond donors (Lipinski definition) is 1. The second-order valence-corrected chi connectivity index (χ2v) is 4.59. The van der Waals surface area contributed by atoms with E-state index in [1.165, 1.54) is 0 Å². The van der Waals surface area contributed by atoms with E-state index >= 15 is 0 Å². The molecular formula is C13H9ClN2S. The van der Waals surface area contributed by atoms with Crippen LogP contribution in [0.15, 0.2) is 48.5 Å². The Labute approximate surface area is 108 Å². The molecule has 2 aromatic carbocycles. The van der Waals surface area contributed by atoms with Crippen LogP contribution < -0.4 is 0 Å². The Morgan fingerprint density at radius 2 is 1.82 bits per heavy atom. The van der Waals surface area contributed by atoms with E-state index in [-0.39, 0.29) is 0 Å². The molecule has 0 saturated heterocycles. The van der Waals surface area contributed by atoms with Crippen LogP contribution in [0.1, 0.15) is 0 Å². The molecule has 1 N–H and O–H groups in total. The second kappa shape index (κ2) is 4.02. The van der Waals surface area contributed by atoms with Gasteiger partial charge in [-0.25, -0.2) is 0 Å². The number of aromatic nitrogens is 2. The van der Waals surface area contributed by atoms with E-state index < -0.39 is 0 Å².